The topological polar surface area (TPSA) is 12.0 Å². The van der Waals surface area contributed by atoms with E-state index in [2.05, 4.69) is 24.0 Å². The van der Waals surface area contributed by atoms with Gasteiger partial charge in [-0.1, -0.05) is 36.9 Å². The molecule has 0 saturated heterocycles. The summed E-state index contributed by atoms with van der Waals surface area (Å²) in [6, 6.07) is 10.2. The Balaban J connectivity index is 2.50. The second-order valence-corrected chi connectivity index (χ2v) is 2.07. The van der Waals surface area contributed by atoms with E-state index in [1.54, 1.807) is 6.20 Å². The van der Waals surface area contributed by atoms with Crippen LogP contribution in [0.15, 0.2) is 43.1 Å². The fourth-order valence-corrected chi connectivity index (χ4v) is 0.786. The molecule has 1 aromatic rings. The van der Waals surface area contributed by atoms with Gasteiger partial charge in [0.1, 0.15) is 0 Å². The van der Waals surface area contributed by atoms with Crippen LogP contribution >= 0.6 is 0 Å². The zero-order valence-corrected chi connectivity index (χ0v) is 5.88. The summed E-state index contributed by atoms with van der Waals surface area (Å²) in [6.07, 6.45) is 1.70. The van der Waals surface area contributed by atoms with E-state index in [-0.39, 0.29) is 0 Å². The lowest BCUT2D eigenvalue weighted by Gasteiger charge is -1.98. The van der Waals surface area contributed by atoms with Gasteiger partial charge >= 0.3 is 0 Å². The highest BCUT2D eigenvalue weighted by Gasteiger charge is 1.84. The molecule has 1 aromatic carbocycles. The van der Waals surface area contributed by atoms with Gasteiger partial charge in [0.2, 0.25) is 0 Å². The van der Waals surface area contributed by atoms with E-state index in [0.29, 0.717) is 0 Å². The summed E-state index contributed by atoms with van der Waals surface area (Å²) in [4.78, 5) is 0. The molecular weight excluding hydrogens is 122 g/mol. The van der Waals surface area contributed by atoms with E-state index in [9.17, 15) is 0 Å². The van der Waals surface area contributed by atoms with Crippen molar-refractivity contribution in [2.75, 3.05) is 0 Å². The van der Waals surface area contributed by atoms with Crippen LogP contribution in [0.1, 0.15) is 5.56 Å². The molecule has 52 valence electrons. The number of hydrogen-bond donors (Lipinski definition) is 1. The Bertz CT molecular complexity index is 191. The highest BCUT2D eigenvalue weighted by atomic mass is 14.8. The maximum absolute atomic E-state index is 3.56. The molecule has 0 aliphatic heterocycles. The minimum absolute atomic E-state index is 0.865. The van der Waals surface area contributed by atoms with E-state index in [1.807, 2.05) is 18.2 Å². The average Bonchev–Trinajstić information content (AvgIpc) is 2.03. The van der Waals surface area contributed by atoms with Crippen LogP contribution in [-0.2, 0) is 6.54 Å². The Morgan fingerprint density at radius 2 is 2.00 bits per heavy atom. The maximum atomic E-state index is 3.56. The monoisotopic (exact) mass is 133 g/mol. The van der Waals surface area contributed by atoms with Crippen LogP contribution in [0.2, 0.25) is 0 Å². The van der Waals surface area contributed by atoms with E-state index < -0.39 is 0 Å². The van der Waals surface area contributed by atoms with Gasteiger partial charge < -0.3 is 5.32 Å². The molecular formula is C9H11N. The standard InChI is InChI=1S/C9H11N/c1-2-10-8-9-6-4-3-5-7-9/h2-7,10H,1,8H2. The lowest BCUT2D eigenvalue weighted by atomic mass is 10.2. The first-order chi connectivity index (χ1) is 4.93. The first-order valence-electron chi connectivity index (χ1n) is 3.31. The predicted octanol–water partition coefficient (Wildman–Crippen LogP) is 1.92. The first kappa shape index (κ1) is 6.87. The van der Waals surface area contributed by atoms with Crippen LogP contribution in [0.5, 0.6) is 0 Å². The number of hydrogen-bond acceptors (Lipinski definition) is 1. The van der Waals surface area contributed by atoms with E-state index >= 15 is 0 Å². The summed E-state index contributed by atoms with van der Waals surface area (Å²) in [5, 5.41) is 3.03. The van der Waals surface area contributed by atoms with Gasteiger partial charge in [-0.15, -0.1) is 0 Å². The van der Waals surface area contributed by atoms with Gasteiger partial charge in [0.15, 0.2) is 0 Å². The van der Waals surface area contributed by atoms with Gasteiger partial charge in [-0.3, -0.25) is 0 Å². The lowest BCUT2D eigenvalue weighted by Crippen LogP contribution is -2.02. The SMILES string of the molecule is C=CNCc1ccccc1. The number of nitrogens with one attached hydrogen (secondary N) is 1. The van der Waals surface area contributed by atoms with Crippen LogP contribution in [-0.4, -0.2) is 0 Å². The normalized spacial score (nSPS) is 8.80. The molecule has 0 fully saturated rings. The molecule has 1 N–H and O–H groups in total. The first-order valence-corrected chi connectivity index (χ1v) is 3.31. The number of benzene rings is 1. The minimum Gasteiger partial charge on any atom is -0.387 e. The van der Waals surface area contributed by atoms with Gasteiger partial charge in [-0.2, -0.15) is 0 Å². The van der Waals surface area contributed by atoms with E-state index in [0.717, 1.165) is 6.54 Å². The molecule has 10 heavy (non-hydrogen) atoms. The molecule has 0 atom stereocenters. The summed E-state index contributed by atoms with van der Waals surface area (Å²) in [5.41, 5.74) is 1.28. The van der Waals surface area contributed by atoms with Crippen LogP contribution in [0, 0.1) is 0 Å². The van der Waals surface area contributed by atoms with Crippen molar-refractivity contribution in [2.24, 2.45) is 0 Å². The highest BCUT2D eigenvalue weighted by Crippen LogP contribution is 1.96. The summed E-state index contributed by atoms with van der Waals surface area (Å²) >= 11 is 0. The van der Waals surface area contributed by atoms with Crippen molar-refractivity contribution in [1.29, 1.82) is 0 Å². The predicted molar refractivity (Wildman–Crippen MR) is 43.5 cm³/mol. The van der Waals surface area contributed by atoms with Crippen LogP contribution < -0.4 is 5.32 Å². The average molecular weight is 133 g/mol. The van der Waals surface area contributed by atoms with Crippen molar-refractivity contribution < 1.29 is 0 Å². The molecule has 0 amide bonds. The second-order valence-electron chi connectivity index (χ2n) is 2.07. The molecule has 0 aliphatic carbocycles. The fourth-order valence-electron chi connectivity index (χ4n) is 0.786. The molecule has 0 radical (unpaired) electrons. The van der Waals surface area contributed by atoms with Gasteiger partial charge in [0, 0.05) is 6.54 Å². The summed E-state index contributed by atoms with van der Waals surface area (Å²) < 4.78 is 0. The Hall–Kier alpha value is -1.24. The van der Waals surface area contributed by atoms with Gasteiger partial charge in [0.05, 0.1) is 0 Å². The third-order valence-corrected chi connectivity index (χ3v) is 1.29. The Morgan fingerprint density at radius 3 is 2.60 bits per heavy atom. The van der Waals surface area contributed by atoms with Crippen molar-refractivity contribution in [3.63, 3.8) is 0 Å². The van der Waals surface area contributed by atoms with Crippen LogP contribution in [0.4, 0.5) is 0 Å². The largest absolute Gasteiger partial charge is 0.387 e. The third kappa shape index (κ3) is 1.94. The molecule has 0 aromatic heterocycles. The molecule has 0 unspecified atom stereocenters. The number of rotatable bonds is 3. The smallest absolute Gasteiger partial charge is 0.0395 e. The third-order valence-electron chi connectivity index (χ3n) is 1.29. The second kappa shape index (κ2) is 3.72. The molecule has 0 heterocycles. The molecule has 0 bridgehead atoms. The van der Waals surface area contributed by atoms with Crippen molar-refractivity contribution in [2.45, 2.75) is 6.54 Å². The molecule has 1 heteroatoms. The summed E-state index contributed by atoms with van der Waals surface area (Å²) in [7, 11) is 0. The minimum atomic E-state index is 0.865. The summed E-state index contributed by atoms with van der Waals surface area (Å²) in [5.74, 6) is 0. The van der Waals surface area contributed by atoms with Crippen molar-refractivity contribution in [1.82, 2.24) is 5.32 Å². The maximum Gasteiger partial charge on any atom is 0.0395 e. The zero-order valence-electron chi connectivity index (χ0n) is 5.88. The quantitative estimate of drug-likeness (QED) is 0.664. The van der Waals surface area contributed by atoms with E-state index in [1.165, 1.54) is 5.56 Å². The van der Waals surface area contributed by atoms with Gasteiger partial charge in [-0.25, -0.2) is 0 Å². The van der Waals surface area contributed by atoms with Crippen molar-refractivity contribution in [3.05, 3.63) is 48.7 Å². The molecule has 1 rings (SSSR count). The Labute approximate surface area is 61.4 Å². The van der Waals surface area contributed by atoms with Crippen LogP contribution in [0.25, 0.3) is 0 Å². The lowest BCUT2D eigenvalue weighted by molar-refractivity contribution is 0.872. The van der Waals surface area contributed by atoms with Gasteiger partial charge in [0.25, 0.3) is 0 Å². The molecule has 0 aliphatic rings. The molecule has 1 nitrogen and oxygen atoms in total. The van der Waals surface area contributed by atoms with Crippen molar-refractivity contribution >= 4 is 0 Å². The van der Waals surface area contributed by atoms with Crippen LogP contribution in [0.3, 0.4) is 0 Å². The fraction of sp³-hybridized carbons (Fsp3) is 0.111. The zero-order chi connectivity index (χ0) is 7.23. The highest BCUT2D eigenvalue weighted by molar-refractivity contribution is 5.14. The molecule has 0 saturated carbocycles. The van der Waals surface area contributed by atoms with Gasteiger partial charge in [-0.05, 0) is 11.8 Å². The summed E-state index contributed by atoms with van der Waals surface area (Å²) in [6.45, 7) is 4.43. The Kier molecular flexibility index (Phi) is 2.56. The van der Waals surface area contributed by atoms with Crippen molar-refractivity contribution in [3.8, 4) is 0 Å². The molecule has 0 spiro atoms. The Morgan fingerprint density at radius 1 is 1.30 bits per heavy atom. The van der Waals surface area contributed by atoms with E-state index in [4.69, 9.17) is 0 Å².